The van der Waals surface area contributed by atoms with Gasteiger partial charge in [0.1, 0.15) is 0 Å². The summed E-state index contributed by atoms with van der Waals surface area (Å²) in [5.74, 6) is 0.216. The zero-order valence-electron chi connectivity index (χ0n) is 18.8. The molecule has 0 atom stereocenters. The van der Waals surface area contributed by atoms with Crippen LogP contribution in [0.5, 0.6) is 0 Å². The molecule has 2 fully saturated rings. The Morgan fingerprint density at radius 3 is 1.88 bits per heavy atom. The first-order valence-corrected chi connectivity index (χ1v) is 12.0. The molecule has 5 rings (SSSR count). The van der Waals surface area contributed by atoms with Gasteiger partial charge in [-0.15, -0.1) is 0 Å². The topological polar surface area (TPSA) is 49.4 Å². The number of carbonyl (C=O) groups excluding carboxylic acids is 2. The maximum atomic E-state index is 13.6. The lowest BCUT2D eigenvalue weighted by Crippen LogP contribution is -2.33. The van der Waals surface area contributed by atoms with E-state index in [9.17, 15) is 9.59 Å². The molecular formula is C29H30N2O2. The second kappa shape index (κ2) is 9.62. The molecule has 168 valence electrons. The quantitative estimate of drug-likeness (QED) is 0.493. The maximum Gasteiger partial charge on any atom is 0.251 e. The number of nitrogens with one attached hydrogen (secondary N) is 1. The zero-order chi connectivity index (χ0) is 22.6. The first kappa shape index (κ1) is 21.4. The minimum atomic E-state index is -0.00672. The number of hydrogen-bond acceptors (Lipinski definition) is 2. The molecule has 0 bridgehead atoms. The van der Waals surface area contributed by atoms with Gasteiger partial charge in [0.25, 0.3) is 5.91 Å². The molecule has 0 aromatic heterocycles. The van der Waals surface area contributed by atoms with Gasteiger partial charge in [-0.1, -0.05) is 72.8 Å². The molecule has 2 aliphatic rings. The molecular weight excluding hydrogens is 408 g/mol. The minimum absolute atomic E-state index is 0.00672. The molecule has 0 spiro atoms. The maximum absolute atomic E-state index is 13.6. The molecule has 2 aliphatic carbocycles. The number of amides is 2. The summed E-state index contributed by atoms with van der Waals surface area (Å²) in [6.07, 6.45) is 4.74. The fraction of sp³-hybridized carbons (Fsp3) is 0.310. The average Bonchev–Trinajstić information content (AvgIpc) is 3.78. The van der Waals surface area contributed by atoms with Crippen molar-refractivity contribution in [3.05, 3.63) is 107 Å². The van der Waals surface area contributed by atoms with Crippen molar-refractivity contribution < 1.29 is 9.59 Å². The molecule has 0 radical (unpaired) electrons. The highest BCUT2D eigenvalue weighted by molar-refractivity contribution is 5.94. The Balaban J connectivity index is 1.30. The number of hydrogen-bond donors (Lipinski definition) is 1. The largest absolute Gasteiger partial charge is 0.349 e. The Morgan fingerprint density at radius 2 is 1.36 bits per heavy atom. The Kier molecular flexibility index (Phi) is 6.25. The highest BCUT2D eigenvalue weighted by Crippen LogP contribution is 2.33. The van der Waals surface area contributed by atoms with E-state index >= 15 is 0 Å². The van der Waals surface area contributed by atoms with E-state index in [1.165, 1.54) is 11.1 Å². The fourth-order valence-electron chi connectivity index (χ4n) is 4.35. The molecule has 4 heteroatoms. The highest BCUT2D eigenvalue weighted by Gasteiger charge is 2.34. The molecule has 3 aromatic rings. The van der Waals surface area contributed by atoms with Gasteiger partial charge in [0.2, 0.25) is 5.91 Å². The molecule has 33 heavy (non-hydrogen) atoms. The summed E-state index contributed by atoms with van der Waals surface area (Å²) < 4.78 is 0. The molecule has 0 heterocycles. The summed E-state index contributed by atoms with van der Waals surface area (Å²) in [5.41, 5.74) is 4.08. The van der Waals surface area contributed by atoms with Crippen molar-refractivity contribution in [2.75, 3.05) is 0 Å². The van der Waals surface area contributed by atoms with Crippen molar-refractivity contribution in [3.63, 3.8) is 0 Å². The Labute approximate surface area is 195 Å². The second-order valence-electron chi connectivity index (χ2n) is 9.28. The zero-order valence-corrected chi connectivity index (χ0v) is 18.8. The third kappa shape index (κ3) is 5.51. The molecule has 0 saturated heterocycles. The lowest BCUT2D eigenvalue weighted by atomic mass is 9.88. The first-order chi connectivity index (χ1) is 16.2. The van der Waals surface area contributed by atoms with Gasteiger partial charge in [0, 0.05) is 36.5 Å². The van der Waals surface area contributed by atoms with Crippen LogP contribution < -0.4 is 5.32 Å². The third-order valence-corrected chi connectivity index (χ3v) is 6.57. The van der Waals surface area contributed by atoms with Gasteiger partial charge in [0.05, 0.1) is 0 Å². The summed E-state index contributed by atoms with van der Waals surface area (Å²) in [6, 6.07) is 29.0. The molecule has 1 N–H and O–H groups in total. The smallest absolute Gasteiger partial charge is 0.251 e. The Bertz CT molecular complexity index is 1050. The van der Waals surface area contributed by atoms with Crippen molar-refractivity contribution in [3.8, 4) is 0 Å². The first-order valence-electron chi connectivity index (χ1n) is 12.0. The molecule has 3 aromatic carbocycles. The molecule has 0 unspecified atom stereocenters. The van der Waals surface area contributed by atoms with E-state index < -0.39 is 0 Å². The van der Waals surface area contributed by atoms with Crippen molar-refractivity contribution in [1.29, 1.82) is 0 Å². The summed E-state index contributed by atoms with van der Waals surface area (Å²) in [7, 11) is 0. The van der Waals surface area contributed by atoms with Gasteiger partial charge in [-0.25, -0.2) is 0 Å². The third-order valence-electron chi connectivity index (χ3n) is 6.57. The van der Waals surface area contributed by atoms with Crippen molar-refractivity contribution >= 4 is 11.8 Å². The predicted octanol–water partition coefficient (Wildman–Crippen LogP) is 5.29. The second-order valence-corrected chi connectivity index (χ2v) is 9.28. The van der Waals surface area contributed by atoms with Crippen molar-refractivity contribution in [2.45, 2.75) is 56.7 Å². The van der Waals surface area contributed by atoms with E-state index in [1.54, 1.807) is 0 Å². The Morgan fingerprint density at radius 1 is 0.788 bits per heavy atom. The van der Waals surface area contributed by atoms with Crippen LogP contribution in [0.3, 0.4) is 0 Å². The minimum Gasteiger partial charge on any atom is -0.349 e. The monoisotopic (exact) mass is 438 g/mol. The Hall–Kier alpha value is -3.40. The molecule has 0 aliphatic heterocycles. The fourth-order valence-corrected chi connectivity index (χ4v) is 4.35. The van der Waals surface area contributed by atoms with Crippen molar-refractivity contribution in [2.24, 2.45) is 0 Å². The number of carbonyl (C=O) groups is 2. The van der Waals surface area contributed by atoms with Crippen LogP contribution in [0.25, 0.3) is 0 Å². The van der Waals surface area contributed by atoms with E-state index in [-0.39, 0.29) is 17.7 Å². The van der Waals surface area contributed by atoms with Crippen LogP contribution in [0.4, 0.5) is 0 Å². The van der Waals surface area contributed by atoms with Crippen LogP contribution in [0.15, 0.2) is 84.9 Å². The molecule has 2 amide bonds. The summed E-state index contributed by atoms with van der Waals surface area (Å²) in [6.45, 7) is 0.588. The predicted molar refractivity (Wildman–Crippen MR) is 130 cm³/mol. The van der Waals surface area contributed by atoms with Crippen LogP contribution >= 0.6 is 0 Å². The van der Waals surface area contributed by atoms with Crippen molar-refractivity contribution in [1.82, 2.24) is 10.2 Å². The van der Waals surface area contributed by atoms with Gasteiger partial charge in [-0.3, -0.25) is 9.59 Å². The summed E-state index contributed by atoms with van der Waals surface area (Å²) in [5, 5.41) is 3.03. The van der Waals surface area contributed by atoms with Crippen LogP contribution in [0.1, 0.15) is 65.1 Å². The van der Waals surface area contributed by atoms with E-state index in [1.807, 2.05) is 65.6 Å². The van der Waals surface area contributed by atoms with E-state index in [0.717, 1.165) is 31.2 Å². The highest BCUT2D eigenvalue weighted by atomic mass is 16.2. The van der Waals surface area contributed by atoms with Gasteiger partial charge < -0.3 is 10.2 Å². The van der Waals surface area contributed by atoms with Gasteiger partial charge >= 0.3 is 0 Å². The number of nitrogens with zero attached hydrogens (tertiary/aromatic N) is 1. The van der Waals surface area contributed by atoms with E-state index in [0.29, 0.717) is 30.6 Å². The molecule has 2 saturated carbocycles. The van der Waals surface area contributed by atoms with Crippen LogP contribution in [-0.4, -0.2) is 28.8 Å². The number of benzene rings is 3. The standard InChI is InChI=1S/C29H30N2O2/c32-28(19-27(22-7-3-1-4-8-22)23-9-5-2-6-10-23)31(26-17-18-26)20-21-11-13-24(14-12-21)29(33)30-25-15-16-25/h1-14,25-27H,15-20H2,(H,30,33). The van der Waals surface area contributed by atoms with E-state index in [4.69, 9.17) is 0 Å². The average molecular weight is 439 g/mol. The number of rotatable bonds is 9. The van der Waals surface area contributed by atoms with Crippen LogP contribution in [0.2, 0.25) is 0 Å². The van der Waals surface area contributed by atoms with E-state index in [2.05, 4.69) is 29.6 Å². The van der Waals surface area contributed by atoms with Gasteiger partial charge in [0.15, 0.2) is 0 Å². The lowest BCUT2D eigenvalue weighted by Gasteiger charge is -2.26. The van der Waals surface area contributed by atoms with Crippen LogP contribution in [-0.2, 0) is 11.3 Å². The summed E-state index contributed by atoms with van der Waals surface area (Å²) in [4.78, 5) is 27.9. The summed E-state index contributed by atoms with van der Waals surface area (Å²) >= 11 is 0. The lowest BCUT2D eigenvalue weighted by molar-refractivity contribution is -0.132. The molecule has 4 nitrogen and oxygen atoms in total. The van der Waals surface area contributed by atoms with Gasteiger partial charge in [-0.05, 0) is 54.5 Å². The SMILES string of the molecule is O=C(NC1CC1)c1ccc(CN(C(=O)CC(c2ccccc2)c2ccccc2)C2CC2)cc1. The van der Waals surface area contributed by atoms with Gasteiger partial charge in [-0.2, -0.15) is 0 Å². The van der Waals surface area contributed by atoms with Crippen LogP contribution in [0, 0.1) is 0 Å². The normalized spacial score (nSPS) is 15.3.